The minimum absolute atomic E-state index is 0.271. The van der Waals surface area contributed by atoms with Gasteiger partial charge in [0.25, 0.3) is 0 Å². The van der Waals surface area contributed by atoms with Gasteiger partial charge in [-0.3, -0.25) is 9.80 Å². The van der Waals surface area contributed by atoms with Crippen LogP contribution in [0, 0.1) is 5.92 Å². The van der Waals surface area contributed by atoms with Gasteiger partial charge in [-0.15, -0.1) is 0 Å². The van der Waals surface area contributed by atoms with Crippen LogP contribution >= 0.6 is 0 Å². The summed E-state index contributed by atoms with van der Waals surface area (Å²) >= 11 is 0. The third-order valence-electron chi connectivity index (χ3n) is 4.03. The Morgan fingerprint density at radius 1 is 1.53 bits per heavy atom. The number of carbonyl (C=O) groups is 1. The maximum atomic E-state index is 10.9. The van der Waals surface area contributed by atoms with Crippen LogP contribution in [0.3, 0.4) is 0 Å². The fourth-order valence-corrected chi connectivity index (χ4v) is 3.35. The molecule has 1 heterocycles. The maximum absolute atomic E-state index is 10.9. The first-order valence-electron chi connectivity index (χ1n) is 7.10. The summed E-state index contributed by atoms with van der Waals surface area (Å²) in [5.74, 6) is 0.480. The lowest BCUT2D eigenvalue weighted by Gasteiger charge is -2.26. The first-order valence-corrected chi connectivity index (χ1v) is 7.10. The summed E-state index contributed by atoms with van der Waals surface area (Å²) in [6, 6.07) is 0.905. The number of carbonyl (C=O) groups excluding carboxylic acids is 1. The molecular formula is C14H24N2O3. The van der Waals surface area contributed by atoms with E-state index in [9.17, 15) is 4.79 Å². The Hall–Kier alpha value is -1.10. The van der Waals surface area contributed by atoms with Gasteiger partial charge in [-0.2, -0.15) is 5.10 Å². The fraction of sp³-hybridized carbons (Fsp3) is 0.857. The van der Waals surface area contributed by atoms with Gasteiger partial charge in [0.2, 0.25) is 0 Å². The molecule has 2 fully saturated rings. The number of hydrazone groups is 1. The Balaban J connectivity index is 1.98. The lowest BCUT2D eigenvalue weighted by atomic mass is 10.0. The first kappa shape index (κ1) is 14.3. The number of esters is 1. The van der Waals surface area contributed by atoms with E-state index in [2.05, 4.69) is 10.1 Å². The SMILES string of the molecule is COC[C@H]1C[C@H]2CCC[C@H]2N1/N=C/C(C)OC(C)=O. The van der Waals surface area contributed by atoms with Crippen molar-refractivity contribution in [1.29, 1.82) is 0 Å². The number of fused-ring (bicyclic) bond motifs is 1. The third kappa shape index (κ3) is 3.47. The molecule has 0 N–H and O–H groups in total. The predicted octanol–water partition coefficient (Wildman–Crippen LogP) is 1.81. The molecule has 0 aromatic rings. The molecule has 2 rings (SSSR count). The first-order chi connectivity index (χ1) is 9.11. The normalized spacial score (nSPS) is 31.7. The summed E-state index contributed by atoms with van der Waals surface area (Å²) in [4.78, 5) is 10.9. The van der Waals surface area contributed by atoms with E-state index < -0.39 is 0 Å². The van der Waals surface area contributed by atoms with E-state index in [0.29, 0.717) is 18.7 Å². The Kier molecular flexibility index (Phi) is 4.80. The summed E-state index contributed by atoms with van der Waals surface area (Å²) < 4.78 is 10.4. The molecule has 1 aliphatic heterocycles. The Labute approximate surface area is 114 Å². The van der Waals surface area contributed by atoms with Crippen molar-refractivity contribution in [2.45, 2.75) is 57.7 Å². The van der Waals surface area contributed by atoms with Crippen molar-refractivity contribution in [2.75, 3.05) is 13.7 Å². The number of ether oxygens (including phenoxy) is 2. The zero-order chi connectivity index (χ0) is 13.8. The molecule has 1 saturated carbocycles. The molecule has 2 aliphatic rings. The number of methoxy groups -OCH3 is 1. The van der Waals surface area contributed by atoms with Crippen LogP contribution in [-0.2, 0) is 14.3 Å². The maximum Gasteiger partial charge on any atom is 0.303 e. The molecule has 5 heteroatoms. The van der Waals surface area contributed by atoms with Crippen LogP contribution in [0.2, 0.25) is 0 Å². The highest BCUT2D eigenvalue weighted by atomic mass is 16.5. The summed E-state index contributed by atoms with van der Waals surface area (Å²) in [5.41, 5.74) is 0. The van der Waals surface area contributed by atoms with Crippen molar-refractivity contribution in [1.82, 2.24) is 5.01 Å². The molecule has 1 aliphatic carbocycles. The highest BCUT2D eigenvalue weighted by molar-refractivity contribution is 5.71. The van der Waals surface area contributed by atoms with Crippen LogP contribution in [0.1, 0.15) is 39.5 Å². The van der Waals surface area contributed by atoms with Gasteiger partial charge in [0, 0.05) is 14.0 Å². The lowest BCUT2D eigenvalue weighted by Crippen LogP contribution is -2.35. The summed E-state index contributed by atoms with van der Waals surface area (Å²) in [5, 5.41) is 6.75. The second-order valence-corrected chi connectivity index (χ2v) is 5.56. The van der Waals surface area contributed by atoms with Crippen molar-refractivity contribution in [3.05, 3.63) is 0 Å². The summed E-state index contributed by atoms with van der Waals surface area (Å²) in [6.07, 6.45) is 6.42. The van der Waals surface area contributed by atoms with E-state index >= 15 is 0 Å². The van der Waals surface area contributed by atoms with Gasteiger partial charge >= 0.3 is 5.97 Å². The lowest BCUT2D eigenvalue weighted by molar-refractivity contribution is -0.142. The van der Waals surface area contributed by atoms with E-state index in [1.165, 1.54) is 26.2 Å². The van der Waals surface area contributed by atoms with E-state index in [4.69, 9.17) is 9.47 Å². The molecule has 0 aromatic carbocycles. The van der Waals surface area contributed by atoms with Crippen LogP contribution in [-0.4, -0.2) is 49.1 Å². The third-order valence-corrected chi connectivity index (χ3v) is 4.03. The molecule has 0 aromatic heterocycles. The second-order valence-electron chi connectivity index (χ2n) is 5.56. The topological polar surface area (TPSA) is 51.1 Å². The number of hydrogen-bond acceptors (Lipinski definition) is 5. The average molecular weight is 268 g/mol. The van der Waals surface area contributed by atoms with Crippen LogP contribution in [0.4, 0.5) is 0 Å². The minimum Gasteiger partial charge on any atom is -0.457 e. The monoisotopic (exact) mass is 268 g/mol. The van der Waals surface area contributed by atoms with E-state index in [-0.39, 0.29) is 12.1 Å². The van der Waals surface area contributed by atoms with Crippen LogP contribution < -0.4 is 0 Å². The highest BCUT2D eigenvalue weighted by Gasteiger charge is 2.43. The largest absolute Gasteiger partial charge is 0.457 e. The van der Waals surface area contributed by atoms with Crippen molar-refractivity contribution in [3.63, 3.8) is 0 Å². The van der Waals surface area contributed by atoms with Gasteiger partial charge in [0.05, 0.1) is 24.9 Å². The number of hydrogen-bond donors (Lipinski definition) is 0. The zero-order valence-electron chi connectivity index (χ0n) is 12.0. The predicted molar refractivity (Wildman–Crippen MR) is 73.0 cm³/mol. The zero-order valence-corrected chi connectivity index (χ0v) is 12.0. The molecule has 0 radical (unpaired) electrons. The van der Waals surface area contributed by atoms with Crippen LogP contribution in [0.25, 0.3) is 0 Å². The summed E-state index contributed by atoms with van der Waals surface area (Å²) in [7, 11) is 1.73. The van der Waals surface area contributed by atoms with Gasteiger partial charge in [0.15, 0.2) is 0 Å². The number of nitrogens with zero attached hydrogens (tertiary/aromatic N) is 2. The molecule has 0 amide bonds. The smallest absolute Gasteiger partial charge is 0.303 e. The van der Waals surface area contributed by atoms with Gasteiger partial charge < -0.3 is 9.47 Å². The van der Waals surface area contributed by atoms with Crippen LogP contribution in [0.5, 0.6) is 0 Å². The van der Waals surface area contributed by atoms with Crippen LogP contribution in [0.15, 0.2) is 5.10 Å². The Morgan fingerprint density at radius 3 is 3.00 bits per heavy atom. The fourth-order valence-electron chi connectivity index (χ4n) is 3.35. The quantitative estimate of drug-likeness (QED) is 0.563. The van der Waals surface area contributed by atoms with E-state index in [1.54, 1.807) is 13.3 Å². The highest BCUT2D eigenvalue weighted by Crippen LogP contribution is 2.41. The molecule has 0 spiro atoms. The van der Waals surface area contributed by atoms with Gasteiger partial charge in [0.1, 0.15) is 6.10 Å². The Morgan fingerprint density at radius 2 is 2.32 bits per heavy atom. The van der Waals surface area contributed by atoms with Crippen molar-refractivity contribution < 1.29 is 14.3 Å². The van der Waals surface area contributed by atoms with Crippen molar-refractivity contribution in [3.8, 4) is 0 Å². The molecule has 5 nitrogen and oxygen atoms in total. The number of rotatable bonds is 5. The van der Waals surface area contributed by atoms with Gasteiger partial charge in [-0.1, -0.05) is 6.42 Å². The van der Waals surface area contributed by atoms with E-state index in [1.807, 2.05) is 6.92 Å². The van der Waals surface area contributed by atoms with Crippen molar-refractivity contribution >= 4 is 12.2 Å². The molecule has 0 bridgehead atoms. The molecule has 108 valence electrons. The van der Waals surface area contributed by atoms with Crippen molar-refractivity contribution in [2.24, 2.45) is 11.0 Å². The van der Waals surface area contributed by atoms with Gasteiger partial charge in [-0.25, -0.2) is 0 Å². The molecule has 1 unspecified atom stereocenters. The van der Waals surface area contributed by atoms with E-state index in [0.717, 1.165) is 12.3 Å². The Bertz CT molecular complexity index is 346. The summed E-state index contributed by atoms with van der Waals surface area (Å²) in [6.45, 7) is 3.96. The molecule has 1 saturated heterocycles. The van der Waals surface area contributed by atoms with Gasteiger partial charge in [-0.05, 0) is 32.1 Å². The molecule has 4 atom stereocenters. The average Bonchev–Trinajstić information content (AvgIpc) is 2.87. The second kappa shape index (κ2) is 6.37. The molecular weight excluding hydrogens is 244 g/mol. The standard InChI is InChI=1S/C14H24N2O3/c1-10(19-11(2)17)8-15-16-13(9-18-3)7-12-5-4-6-14(12)16/h8,10,12-14H,4-7,9H2,1-3H3/b15-8+/t10?,12-,13-,14-/m1/s1. The molecule has 19 heavy (non-hydrogen) atoms. The minimum atomic E-state index is -0.277.